The molecule has 0 saturated carbocycles. The molecule has 0 unspecified atom stereocenters. The number of imidazole rings is 1. The molecule has 0 amide bonds. The molecule has 3 rings (SSSR count). The van der Waals surface area contributed by atoms with Crippen molar-refractivity contribution in [3.63, 3.8) is 0 Å². The predicted octanol–water partition coefficient (Wildman–Crippen LogP) is 4.03. The van der Waals surface area contributed by atoms with Crippen molar-refractivity contribution in [1.29, 1.82) is 0 Å². The molecule has 0 radical (unpaired) electrons. The molecular weight excluding hydrogens is 338 g/mol. The van der Waals surface area contributed by atoms with Crippen LogP contribution in [0.25, 0.3) is 5.65 Å². The minimum Gasteiger partial charge on any atom is -0.493 e. The molecule has 1 aromatic carbocycles. The van der Waals surface area contributed by atoms with Crippen LogP contribution in [-0.4, -0.2) is 35.0 Å². The molecule has 3 aromatic rings. The van der Waals surface area contributed by atoms with Gasteiger partial charge in [-0.15, -0.1) is 0 Å². The molecule has 0 fully saturated rings. The molecule has 0 aliphatic heterocycles. The largest absolute Gasteiger partial charge is 0.493 e. The van der Waals surface area contributed by atoms with Gasteiger partial charge >= 0.3 is 0 Å². The van der Waals surface area contributed by atoms with Crippen LogP contribution in [0.15, 0.2) is 42.7 Å². The summed E-state index contributed by atoms with van der Waals surface area (Å²) in [5, 5.41) is 0.703. The van der Waals surface area contributed by atoms with Gasteiger partial charge in [0.05, 0.1) is 24.9 Å². The van der Waals surface area contributed by atoms with Gasteiger partial charge in [0, 0.05) is 25.5 Å². The van der Waals surface area contributed by atoms with E-state index in [9.17, 15) is 0 Å². The van der Waals surface area contributed by atoms with Crippen molar-refractivity contribution in [2.24, 2.45) is 0 Å². The molecule has 0 spiro atoms. The maximum atomic E-state index is 6.04. The SMILES string of the molecule is CCN(Cc1ccc(OC)c(OC)c1)Cc1cn2cc(Cl)ccc2n1. The third-order valence-corrected chi connectivity index (χ3v) is 4.38. The van der Waals surface area contributed by atoms with Gasteiger partial charge in [-0.25, -0.2) is 4.98 Å². The highest BCUT2D eigenvalue weighted by Crippen LogP contribution is 2.28. The third-order valence-electron chi connectivity index (χ3n) is 4.15. The summed E-state index contributed by atoms with van der Waals surface area (Å²) in [5.41, 5.74) is 3.09. The molecule has 0 aliphatic carbocycles. The molecule has 0 N–H and O–H groups in total. The normalized spacial score (nSPS) is 11.2. The smallest absolute Gasteiger partial charge is 0.161 e. The summed E-state index contributed by atoms with van der Waals surface area (Å²) in [6.45, 7) is 4.64. The van der Waals surface area contributed by atoms with Crippen LogP contribution in [0, 0.1) is 0 Å². The first-order valence-corrected chi connectivity index (χ1v) is 8.57. The van der Waals surface area contributed by atoms with Gasteiger partial charge in [0.15, 0.2) is 11.5 Å². The van der Waals surface area contributed by atoms with E-state index in [0.29, 0.717) is 5.02 Å². The Labute approximate surface area is 152 Å². The number of fused-ring (bicyclic) bond motifs is 1. The van der Waals surface area contributed by atoms with Crippen molar-refractivity contribution < 1.29 is 9.47 Å². The minimum absolute atomic E-state index is 0.703. The average Bonchev–Trinajstić information content (AvgIpc) is 3.02. The van der Waals surface area contributed by atoms with E-state index in [1.54, 1.807) is 14.2 Å². The fraction of sp³-hybridized carbons (Fsp3) is 0.316. The summed E-state index contributed by atoms with van der Waals surface area (Å²) in [4.78, 5) is 6.99. The van der Waals surface area contributed by atoms with Crippen LogP contribution in [0.3, 0.4) is 0 Å². The Morgan fingerprint density at radius 1 is 1.04 bits per heavy atom. The van der Waals surface area contributed by atoms with Crippen molar-refractivity contribution in [1.82, 2.24) is 14.3 Å². The second-order valence-corrected chi connectivity index (χ2v) is 6.27. The maximum absolute atomic E-state index is 6.04. The van der Waals surface area contributed by atoms with Gasteiger partial charge in [0.1, 0.15) is 5.65 Å². The van der Waals surface area contributed by atoms with Gasteiger partial charge in [-0.2, -0.15) is 0 Å². The molecule has 0 aliphatic rings. The first-order chi connectivity index (χ1) is 12.1. The zero-order chi connectivity index (χ0) is 17.8. The molecule has 132 valence electrons. The Morgan fingerprint density at radius 3 is 2.56 bits per heavy atom. The number of halogens is 1. The Kier molecular flexibility index (Phi) is 5.46. The van der Waals surface area contributed by atoms with Crippen molar-refractivity contribution in [2.75, 3.05) is 20.8 Å². The molecule has 0 saturated heterocycles. The van der Waals surface area contributed by atoms with E-state index in [2.05, 4.69) is 22.9 Å². The molecular formula is C19H22ClN3O2. The average molecular weight is 360 g/mol. The van der Waals surface area contributed by atoms with Crippen LogP contribution >= 0.6 is 11.6 Å². The summed E-state index contributed by atoms with van der Waals surface area (Å²) in [7, 11) is 3.30. The van der Waals surface area contributed by atoms with Crippen LogP contribution in [0.5, 0.6) is 11.5 Å². The number of ether oxygens (including phenoxy) is 2. The van der Waals surface area contributed by atoms with E-state index in [0.717, 1.165) is 42.5 Å². The van der Waals surface area contributed by atoms with Crippen molar-refractivity contribution in [3.8, 4) is 11.5 Å². The standard InChI is InChI=1S/C19H22ClN3O2/c1-4-22(10-14-5-7-17(24-2)18(9-14)25-3)12-16-13-23-11-15(20)6-8-19(23)21-16/h5-9,11,13H,4,10,12H2,1-3H3. The highest BCUT2D eigenvalue weighted by Gasteiger charge is 2.11. The number of nitrogens with zero attached hydrogens (tertiary/aromatic N) is 3. The van der Waals surface area contributed by atoms with Gasteiger partial charge in [-0.3, -0.25) is 4.90 Å². The lowest BCUT2D eigenvalue weighted by Gasteiger charge is -2.20. The number of rotatable bonds is 7. The van der Waals surface area contributed by atoms with Crippen LogP contribution < -0.4 is 9.47 Å². The summed E-state index contributed by atoms with van der Waals surface area (Å²) in [6.07, 6.45) is 3.90. The summed E-state index contributed by atoms with van der Waals surface area (Å²) < 4.78 is 12.6. The zero-order valence-corrected chi connectivity index (χ0v) is 15.5. The maximum Gasteiger partial charge on any atom is 0.161 e. The number of benzene rings is 1. The number of hydrogen-bond acceptors (Lipinski definition) is 4. The van der Waals surface area contributed by atoms with Gasteiger partial charge in [-0.05, 0) is 36.4 Å². The van der Waals surface area contributed by atoms with Crippen molar-refractivity contribution >= 4 is 17.2 Å². The number of methoxy groups -OCH3 is 2. The topological polar surface area (TPSA) is 39.0 Å². The highest BCUT2D eigenvalue weighted by molar-refractivity contribution is 6.30. The zero-order valence-electron chi connectivity index (χ0n) is 14.7. The quantitative estimate of drug-likeness (QED) is 0.638. The summed E-state index contributed by atoms with van der Waals surface area (Å²) >= 11 is 6.04. The first kappa shape index (κ1) is 17.6. The van der Waals surface area contributed by atoms with Crippen LogP contribution in [0.4, 0.5) is 0 Å². The van der Waals surface area contributed by atoms with Gasteiger partial charge in [-0.1, -0.05) is 24.6 Å². The number of pyridine rings is 1. The monoisotopic (exact) mass is 359 g/mol. The van der Waals surface area contributed by atoms with Gasteiger partial charge in [0.2, 0.25) is 0 Å². The van der Waals surface area contributed by atoms with Crippen LogP contribution in [0.1, 0.15) is 18.2 Å². The molecule has 2 heterocycles. The lowest BCUT2D eigenvalue weighted by Crippen LogP contribution is -2.22. The third kappa shape index (κ3) is 4.06. The fourth-order valence-corrected chi connectivity index (χ4v) is 3.01. The Morgan fingerprint density at radius 2 is 1.84 bits per heavy atom. The second-order valence-electron chi connectivity index (χ2n) is 5.84. The molecule has 6 heteroatoms. The van der Waals surface area contributed by atoms with Crippen LogP contribution in [-0.2, 0) is 13.1 Å². The second kappa shape index (κ2) is 7.76. The van der Waals surface area contributed by atoms with Crippen molar-refractivity contribution in [3.05, 3.63) is 59.0 Å². The van der Waals surface area contributed by atoms with E-state index in [-0.39, 0.29) is 0 Å². The Bertz CT molecular complexity index is 863. The molecule has 5 nitrogen and oxygen atoms in total. The lowest BCUT2D eigenvalue weighted by molar-refractivity contribution is 0.267. The molecule has 25 heavy (non-hydrogen) atoms. The summed E-state index contributed by atoms with van der Waals surface area (Å²) in [6, 6.07) is 9.80. The van der Waals surface area contributed by atoms with E-state index in [4.69, 9.17) is 21.1 Å². The lowest BCUT2D eigenvalue weighted by atomic mass is 10.2. The van der Waals surface area contributed by atoms with Crippen molar-refractivity contribution in [2.45, 2.75) is 20.0 Å². The van der Waals surface area contributed by atoms with E-state index in [1.807, 2.05) is 41.1 Å². The molecule has 2 aromatic heterocycles. The number of hydrogen-bond donors (Lipinski definition) is 0. The molecule has 0 bridgehead atoms. The van der Waals surface area contributed by atoms with E-state index in [1.165, 1.54) is 5.56 Å². The first-order valence-electron chi connectivity index (χ1n) is 8.19. The van der Waals surface area contributed by atoms with Gasteiger partial charge < -0.3 is 13.9 Å². The fourth-order valence-electron chi connectivity index (χ4n) is 2.84. The predicted molar refractivity (Wildman–Crippen MR) is 99.5 cm³/mol. The Balaban J connectivity index is 1.75. The van der Waals surface area contributed by atoms with Gasteiger partial charge in [0.25, 0.3) is 0 Å². The van der Waals surface area contributed by atoms with E-state index < -0.39 is 0 Å². The highest BCUT2D eigenvalue weighted by atomic mass is 35.5. The summed E-state index contributed by atoms with van der Waals surface area (Å²) in [5.74, 6) is 1.49. The Hall–Kier alpha value is -2.24. The van der Waals surface area contributed by atoms with E-state index >= 15 is 0 Å². The number of aromatic nitrogens is 2. The minimum atomic E-state index is 0.703. The molecule has 0 atom stereocenters. The van der Waals surface area contributed by atoms with Crippen LogP contribution in [0.2, 0.25) is 5.02 Å².